The van der Waals surface area contributed by atoms with Crippen LogP contribution < -0.4 is 10.6 Å². The zero-order valence-corrected chi connectivity index (χ0v) is 12.2. The van der Waals surface area contributed by atoms with Crippen molar-refractivity contribution < 1.29 is 14.6 Å². The van der Waals surface area contributed by atoms with Gasteiger partial charge in [0.2, 0.25) is 0 Å². The molecule has 1 rings (SSSR count). The van der Waals surface area contributed by atoms with E-state index < -0.39 is 6.10 Å². The maximum Gasteiger partial charge on any atom is 0.315 e. The fourth-order valence-corrected chi connectivity index (χ4v) is 2.70. The minimum absolute atomic E-state index is 0.186. The van der Waals surface area contributed by atoms with Gasteiger partial charge in [-0.25, -0.2) is 4.79 Å². The smallest absolute Gasteiger partial charge is 0.315 e. The Kier molecular flexibility index (Phi) is 7.82. The van der Waals surface area contributed by atoms with E-state index in [1.54, 1.807) is 0 Å². The molecule has 1 fully saturated rings. The first-order valence-corrected chi connectivity index (χ1v) is 7.37. The van der Waals surface area contributed by atoms with Crippen molar-refractivity contribution in [1.29, 1.82) is 0 Å². The lowest BCUT2D eigenvalue weighted by molar-refractivity contribution is 0.0658. The summed E-state index contributed by atoms with van der Waals surface area (Å²) in [5.41, 5.74) is 0. The predicted molar refractivity (Wildman–Crippen MR) is 75.1 cm³/mol. The normalized spacial score (nSPS) is 24.8. The van der Waals surface area contributed by atoms with Gasteiger partial charge in [0, 0.05) is 19.7 Å². The molecule has 1 unspecified atom stereocenters. The van der Waals surface area contributed by atoms with E-state index in [9.17, 15) is 9.90 Å². The molecule has 2 amide bonds. The highest BCUT2D eigenvalue weighted by molar-refractivity contribution is 5.74. The van der Waals surface area contributed by atoms with Crippen molar-refractivity contribution in [3.63, 3.8) is 0 Å². The minimum atomic E-state index is -0.643. The second-order valence-electron chi connectivity index (χ2n) is 5.47. The van der Waals surface area contributed by atoms with Gasteiger partial charge in [-0.05, 0) is 31.6 Å². The van der Waals surface area contributed by atoms with Gasteiger partial charge in [0.15, 0.2) is 0 Å². The van der Waals surface area contributed by atoms with Gasteiger partial charge in [-0.3, -0.25) is 0 Å². The number of aliphatic hydroxyl groups excluding tert-OH is 1. The molecule has 0 bridgehead atoms. The lowest BCUT2D eigenvalue weighted by atomic mass is 9.83. The van der Waals surface area contributed by atoms with Gasteiger partial charge in [0.1, 0.15) is 0 Å². The van der Waals surface area contributed by atoms with E-state index in [2.05, 4.69) is 17.6 Å². The average Bonchev–Trinajstić information content (AvgIpc) is 2.39. The Morgan fingerprint density at radius 1 is 1.37 bits per heavy atom. The third-order valence-electron chi connectivity index (χ3n) is 3.74. The predicted octanol–water partition coefficient (Wildman–Crippen LogP) is 1.65. The van der Waals surface area contributed by atoms with Gasteiger partial charge in [0.25, 0.3) is 0 Å². The molecular formula is C14H28N2O3. The standard InChI is InChI=1S/C14H28N2O3/c1-3-4-11-5-7-12(8-6-11)16-14(18)15-9-13(17)10-19-2/h11-13,17H,3-10H2,1-2H3,(H2,15,16,18). The number of methoxy groups -OCH3 is 1. The molecule has 1 aliphatic rings. The number of nitrogens with one attached hydrogen (secondary N) is 2. The molecule has 1 aliphatic carbocycles. The number of carbonyl (C=O) groups excluding carboxylic acids is 1. The molecule has 0 aromatic heterocycles. The van der Waals surface area contributed by atoms with Gasteiger partial charge in [-0.2, -0.15) is 0 Å². The molecule has 112 valence electrons. The Bertz CT molecular complexity index is 253. The van der Waals surface area contributed by atoms with Crippen LogP contribution >= 0.6 is 0 Å². The third kappa shape index (κ3) is 6.78. The van der Waals surface area contributed by atoms with Crippen LogP contribution in [0.4, 0.5) is 4.79 Å². The van der Waals surface area contributed by atoms with Crippen LogP contribution in [0.5, 0.6) is 0 Å². The number of rotatable bonds is 7. The van der Waals surface area contributed by atoms with Crippen LogP contribution in [-0.2, 0) is 4.74 Å². The molecule has 0 aromatic carbocycles. The molecule has 0 saturated heterocycles. The first-order chi connectivity index (χ1) is 9.15. The highest BCUT2D eigenvalue weighted by Crippen LogP contribution is 2.27. The first kappa shape index (κ1) is 16.2. The van der Waals surface area contributed by atoms with Crippen LogP contribution in [0.3, 0.4) is 0 Å². The van der Waals surface area contributed by atoms with Gasteiger partial charge in [0.05, 0.1) is 12.7 Å². The molecule has 0 heterocycles. The SMILES string of the molecule is CCCC1CCC(NC(=O)NCC(O)COC)CC1. The van der Waals surface area contributed by atoms with Crippen LogP contribution in [0.15, 0.2) is 0 Å². The summed E-state index contributed by atoms with van der Waals surface area (Å²) in [5.74, 6) is 0.842. The Morgan fingerprint density at radius 2 is 2.05 bits per heavy atom. The minimum Gasteiger partial charge on any atom is -0.389 e. The number of aliphatic hydroxyl groups is 1. The Morgan fingerprint density at radius 3 is 2.63 bits per heavy atom. The summed E-state index contributed by atoms with van der Waals surface area (Å²) in [6.45, 7) is 2.69. The van der Waals surface area contributed by atoms with Crippen molar-refractivity contribution in [2.24, 2.45) is 5.92 Å². The highest BCUT2D eigenvalue weighted by atomic mass is 16.5. The molecule has 5 heteroatoms. The van der Waals surface area contributed by atoms with Crippen molar-refractivity contribution in [3.05, 3.63) is 0 Å². The summed E-state index contributed by atoms with van der Waals surface area (Å²) in [6, 6.07) is 0.0989. The average molecular weight is 272 g/mol. The van der Waals surface area contributed by atoms with E-state index in [1.807, 2.05) is 0 Å². The fraction of sp³-hybridized carbons (Fsp3) is 0.929. The molecule has 0 spiro atoms. The molecule has 0 radical (unpaired) electrons. The van der Waals surface area contributed by atoms with E-state index in [-0.39, 0.29) is 25.2 Å². The van der Waals surface area contributed by atoms with E-state index in [0.29, 0.717) is 0 Å². The van der Waals surface area contributed by atoms with E-state index in [0.717, 1.165) is 18.8 Å². The highest BCUT2D eigenvalue weighted by Gasteiger charge is 2.21. The summed E-state index contributed by atoms with van der Waals surface area (Å²) in [5, 5.41) is 15.1. The number of ether oxygens (including phenoxy) is 1. The molecule has 0 aromatic rings. The Balaban J connectivity index is 2.13. The summed E-state index contributed by atoms with van der Waals surface area (Å²) < 4.78 is 4.80. The Hall–Kier alpha value is -0.810. The largest absolute Gasteiger partial charge is 0.389 e. The van der Waals surface area contributed by atoms with Gasteiger partial charge >= 0.3 is 6.03 Å². The summed E-state index contributed by atoms with van der Waals surface area (Å²) in [6.07, 6.45) is 6.48. The second kappa shape index (κ2) is 9.15. The number of amides is 2. The Labute approximate surface area is 116 Å². The van der Waals surface area contributed by atoms with Crippen LogP contribution in [0.1, 0.15) is 45.4 Å². The molecule has 5 nitrogen and oxygen atoms in total. The molecule has 19 heavy (non-hydrogen) atoms. The molecule has 3 N–H and O–H groups in total. The monoisotopic (exact) mass is 272 g/mol. The van der Waals surface area contributed by atoms with Crippen molar-refractivity contribution >= 4 is 6.03 Å². The maximum absolute atomic E-state index is 11.7. The summed E-state index contributed by atoms with van der Waals surface area (Å²) in [7, 11) is 1.53. The summed E-state index contributed by atoms with van der Waals surface area (Å²) >= 11 is 0. The number of hydrogen-bond donors (Lipinski definition) is 3. The zero-order chi connectivity index (χ0) is 14.1. The van der Waals surface area contributed by atoms with Crippen LogP contribution in [0.2, 0.25) is 0 Å². The third-order valence-corrected chi connectivity index (χ3v) is 3.74. The van der Waals surface area contributed by atoms with Crippen LogP contribution in [0, 0.1) is 5.92 Å². The quantitative estimate of drug-likeness (QED) is 0.660. The number of carbonyl (C=O) groups is 1. The van der Waals surface area contributed by atoms with Crippen molar-refractivity contribution in [1.82, 2.24) is 10.6 Å². The summed E-state index contributed by atoms with van der Waals surface area (Å²) in [4.78, 5) is 11.7. The van der Waals surface area contributed by atoms with Crippen molar-refractivity contribution in [2.45, 2.75) is 57.6 Å². The van der Waals surface area contributed by atoms with Gasteiger partial charge in [-0.15, -0.1) is 0 Å². The van der Waals surface area contributed by atoms with Crippen LogP contribution in [-0.4, -0.2) is 43.5 Å². The van der Waals surface area contributed by atoms with E-state index in [4.69, 9.17) is 4.74 Å². The van der Waals surface area contributed by atoms with E-state index in [1.165, 1.54) is 32.8 Å². The van der Waals surface area contributed by atoms with Gasteiger partial charge in [-0.1, -0.05) is 19.8 Å². The lowest BCUT2D eigenvalue weighted by Gasteiger charge is -2.29. The maximum atomic E-state index is 11.7. The molecule has 1 saturated carbocycles. The molecule has 0 aliphatic heterocycles. The van der Waals surface area contributed by atoms with Crippen molar-refractivity contribution in [3.8, 4) is 0 Å². The van der Waals surface area contributed by atoms with E-state index >= 15 is 0 Å². The van der Waals surface area contributed by atoms with Crippen molar-refractivity contribution in [2.75, 3.05) is 20.3 Å². The number of hydrogen-bond acceptors (Lipinski definition) is 3. The lowest BCUT2D eigenvalue weighted by Crippen LogP contribution is -2.46. The molecular weight excluding hydrogens is 244 g/mol. The fourth-order valence-electron chi connectivity index (χ4n) is 2.70. The topological polar surface area (TPSA) is 70.6 Å². The molecule has 1 atom stereocenters. The van der Waals surface area contributed by atoms with Crippen LogP contribution in [0.25, 0.3) is 0 Å². The first-order valence-electron chi connectivity index (χ1n) is 7.37. The zero-order valence-electron chi connectivity index (χ0n) is 12.2. The van der Waals surface area contributed by atoms with Gasteiger partial charge < -0.3 is 20.5 Å². The number of urea groups is 1. The second-order valence-corrected chi connectivity index (χ2v) is 5.47.